The molecule has 176 valence electrons. The maximum Gasteiger partial charge on any atom is 0.340 e. The number of ketones is 1. The molecule has 1 unspecified atom stereocenters. The molecule has 0 aliphatic carbocycles. The Morgan fingerprint density at radius 2 is 1.63 bits per heavy atom. The van der Waals surface area contributed by atoms with Gasteiger partial charge in [-0.05, 0) is 65.9 Å². The van der Waals surface area contributed by atoms with Crippen molar-refractivity contribution in [1.82, 2.24) is 4.98 Å². The first-order valence-electron chi connectivity index (χ1n) is 11.4. The van der Waals surface area contributed by atoms with Gasteiger partial charge in [0.2, 0.25) is 0 Å². The highest BCUT2D eigenvalue weighted by molar-refractivity contribution is 5.97. The molecule has 3 aromatic carbocycles. The molecule has 0 aliphatic heterocycles. The molecule has 1 heterocycles. The first-order valence-corrected chi connectivity index (χ1v) is 11.4. The Morgan fingerprint density at radius 1 is 0.914 bits per heavy atom. The first kappa shape index (κ1) is 24.0. The van der Waals surface area contributed by atoms with Crippen LogP contribution in [-0.2, 0) is 4.74 Å². The van der Waals surface area contributed by atoms with E-state index in [2.05, 4.69) is 15.8 Å². The summed E-state index contributed by atoms with van der Waals surface area (Å²) < 4.78 is 19.1. The summed E-state index contributed by atoms with van der Waals surface area (Å²) in [6, 6.07) is 23.9. The fraction of sp³-hybridized carbons (Fsp3) is 0.167. The summed E-state index contributed by atoms with van der Waals surface area (Å²) in [5, 5.41) is 0. The number of benzene rings is 3. The van der Waals surface area contributed by atoms with Crippen LogP contribution in [0.4, 0.5) is 4.39 Å². The summed E-state index contributed by atoms with van der Waals surface area (Å²) in [5.74, 6) is -1.42. The number of ether oxygens (including phenoxy) is 1. The summed E-state index contributed by atoms with van der Waals surface area (Å²) >= 11 is 0. The number of pyridine rings is 1. The van der Waals surface area contributed by atoms with Gasteiger partial charge < -0.3 is 4.74 Å². The lowest BCUT2D eigenvalue weighted by atomic mass is 9.83. The Balaban J connectivity index is 1.67. The van der Waals surface area contributed by atoms with Crippen LogP contribution in [0.1, 0.15) is 55.4 Å². The molecule has 0 spiro atoms. The van der Waals surface area contributed by atoms with E-state index in [1.165, 1.54) is 19.2 Å². The van der Waals surface area contributed by atoms with Crippen LogP contribution >= 0.6 is 0 Å². The number of carbonyl (C=O) groups excluding carboxylic acids is 2. The molecule has 4 nitrogen and oxygen atoms in total. The van der Waals surface area contributed by atoms with Crippen LogP contribution in [0, 0.1) is 19.7 Å². The summed E-state index contributed by atoms with van der Waals surface area (Å²) in [6.07, 6.45) is 1.97. The Kier molecular flexibility index (Phi) is 7.16. The lowest BCUT2D eigenvalue weighted by Crippen LogP contribution is -2.11. The van der Waals surface area contributed by atoms with E-state index in [1.807, 2.05) is 62.4 Å². The van der Waals surface area contributed by atoms with Crippen molar-refractivity contribution in [3.8, 4) is 11.1 Å². The second kappa shape index (κ2) is 10.4. The van der Waals surface area contributed by atoms with Gasteiger partial charge in [-0.2, -0.15) is 0 Å². The molecule has 0 saturated carbocycles. The number of aromatic nitrogens is 1. The second-order valence-corrected chi connectivity index (χ2v) is 8.53. The van der Waals surface area contributed by atoms with Crippen molar-refractivity contribution in [1.29, 1.82) is 0 Å². The van der Waals surface area contributed by atoms with Crippen molar-refractivity contribution in [3.05, 3.63) is 124 Å². The molecule has 0 radical (unpaired) electrons. The van der Waals surface area contributed by atoms with Crippen LogP contribution in [0.2, 0.25) is 0 Å². The SMILES string of the molecule is COC(=O)c1ccc(-c2ccc(C(CC(=O)c3ccnc(C)c3)c3ccccc3C)cc2)cc1F. The van der Waals surface area contributed by atoms with Gasteiger partial charge in [-0.3, -0.25) is 9.78 Å². The predicted molar refractivity (Wildman–Crippen MR) is 134 cm³/mol. The molecule has 0 aliphatic rings. The Labute approximate surface area is 204 Å². The van der Waals surface area contributed by atoms with Gasteiger partial charge >= 0.3 is 5.97 Å². The monoisotopic (exact) mass is 467 g/mol. The number of nitrogens with zero attached hydrogens (tertiary/aromatic N) is 1. The van der Waals surface area contributed by atoms with Crippen molar-refractivity contribution in [3.63, 3.8) is 0 Å². The van der Waals surface area contributed by atoms with Crippen molar-refractivity contribution >= 4 is 11.8 Å². The zero-order valence-electron chi connectivity index (χ0n) is 19.9. The van der Waals surface area contributed by atoms with Gasteiger partial charge in [-0.1, -0.05) is 54.6 Å². The van der Waals surface area contributed by atoms with Gasteiger partial charge in [0.05, 0.1) is 12.7 Å². The quantitative estimate of drug-likeness (QED) is 0.224. The Hall–Kier alpha value is -4.12. The summed E-state index contributed by atoms with van der Waals surface area (Å²) in [7, 11) is 1.22. The molecule has 35 heavy (non-hydrogen) atoms. The molecule has 1 aromatic heterocycles. The van der Waals surface area contributed by atoms with E-state index in [0.29, 0.717) is 17.5 Å². The number of hydrogen-bond acceptors (Lipinski definition) is 4. The average Bonchev–Trinajstić information content (AvgIpc) is 2.87. The maximum atomic E-state index is 14.4. The molecule has 0 amide bonds. The van der Waals surface area contributed by atoms with Gasteiger partial charge in [-0.15, -0.1) is 0 Å². The number of Topliss-reactive ketones (excluding diaryl/α,β-unsaturated/α-hetero) is 1. The molecule has 0 N–H and O–H groups in total. The lowest BCUT2D eigenvalue weighted by Gasteiger charge is -2.20. The zero-order valence-corrected chi connectivity index (χ0v) is 19.9. The van der Waals surface area contributed by atoms with E-state index < -0.39 is 11.8 Å². The molecular formula is C30H26FNO3. The first-order chi connectivity index (χ1) is 16.9. The number of methoxy groups -OCH3 is 1. The normalized spacial score (nSPS) is 11.7. The third kappa shape index (κ3) is 5.35. The van der Waals surface area contributed by atoms with E-state index in [4.69, 9.17) is 0 Å². The van der Waals surface area contributed by atoms with E-state index >= 15 is 0 Å². The average molecular weight is 468 g/mol. The molecule has 0 saturated heterocycles. The molecule has 1 atom stereocenters. The largest absolute Gasteiger partial charge is 0.465 e. The maximum absolute atomic E-state index is 14.4. The number of halogens is 1. The number of hydrogen-bond donors (Lipinski definition) is 0. The van der Waals surface area contributed by atoms with Gasteiger partial charge in [0.1, 0.15) is 5.82 Å². The highest BCUT2D eigenvalue weighted by atomic mass is 19.1. The number of carbonyl (C=O) groups is 2. The topological polar surface area (TPSA) is 56.3 Å². The third-order valence-corrected chi connectivity index (χ3v) is 6.19. The summed E-state index contributed by atoms with van der Waals surface area (Å²) in [4.78, 5) is 29.1. The van der Waals surface area contributed by atoms with Crippen LogP contribution < -0.4 is 0 Å². The smallest absolute Gasteiger partial charge is 0.340 e. The van der Waals surface area contributed by atoms with Crippen LogP contribution in [0.25, 0.3) is 11.1 Å². The summed E-state index contributed by atoms with van der Waals surface area (Å²) in [6.45, 7) is 3.91. The lowest BCUT2D eigenvalue weighted by molar-refractivity contribution is 0.0595. The van der Waals surface area contributed by atoms with Gasteiger partial charge in [-0.25, -0.2) is 9.18 Å². The van der Waals surface area contributed by atoms with E-state index in [0.717, 1.165) is 27.9 Å². The van der Waals surface area contributed by atoms with Crippen molar-refractivity contribution in [2.75, 3.05) is 7.11 Å². The minimum Gasteiger partial charge on any atom is -0.465 e. The minimum atomic E-state index is -0.709. The number of esters is 1. The molecule has 0 fully saturated rings. The Bertz CT molecular complexity index is 1380. The van der Waals surface area contributed by atoms with Crippen LogP contribution in [-0.4, -0.2) is 23.8 Å². The fourth-order valence-corrected chi connectivity index (χ4v) is 4.29. The number of aryl methyl sites for hydroxylation is 2. The highest BCUT2D eigenvalue weighted by Gasteiger charge is 2.21. The van der Waals surface area contributed by atoms with Gasteiger partial charge in [0.15, 0.2) is 5.78 Å². The number of rotatable bonds is 7. The molecule has 5 heteroatoms. The van der Waals surface area contributed by atoms with Gasteiger partial charge in [0, 0.05) is 29.8 Å². The van der Waals surface area contributed by atoms with Crippen molar-refractivity contribution in [2.24, 2.45) is 0 Å². The molecular weight excluding hydrogens is 441 g/mol. The standard InChI is InChI=1S/C30H26FNO3/c1-19-6-4-5-7-25(19)27(18-29(33)24-14-15-32-20(2)16-24)22-10-8-21(9-11-22)23-12-13-26(28(31)17-23)30(34)35-3/h4-17,27H,18H2,1-3H3. The van der Waals surface area contributed by atoms with Crippen molar-refractivity contribution in [2.45, 2.75) is 26.2 Å². The molecule has 4 rings (SSSR count). The minimum absolute atomic E-state index is 0.0494. The van der Waals surface area contributed by atoms with Crippen LogP contribution in [0.15, 0.2) is 85.1 Å². The third-order valence-electron chi connectivity index (χ3n) is 6.19. The fourth-order valence-electron chi connectivity index (χ4n) is 4.29. The van der Waals surface area contributed by atoms with Crippen LogP contribution in [0.3, 0.4) is 0 Å². The van der Waals surface area contributed by atoms with E-state index in [-0.39, 0.29) is 17.3 Å². The van der Waals surface area contributed by atoms with E-state index in [1.54, 1.807) is 18.3 Å². The van der Waals surface area contributed by atoms with Crippen molar-refractivity contribution < 1.29 is 18.7 Å². The highest BCUT2D eigenvalue weighted by Crippen LogP contribution is 2.33. The predicted octanol–water partition coefficient (Wildman–Crippen LogP) is 6.70. The Morgan fingerprint density at radius 3 is 2.29 bits per heavy atom. The van der Waals surface area contributed by atoms with Crippen LogP contribution in [0.5, 0.6) is 0 Å². The molecule has 4 aromatic rings. The molecule has 0 bridgehead atoms. The zero-order chi connectivity index (χ0) is 24.9. The van der Waals surface area contributed by atoms with E-state index in [9.17, 15) is 14.0 Å². The summed E-state index contributed by atoms with van der Waals surface area (Å²) in [5.41, 5.74) is 6.01. The van der Waals surface area contributed by atoms with Gasteiger partial charge in [0.25, 0.3) is 0 Å². The second-order valence-electron chi connectivity index (χ2n) is 8.53.